The first kappa shape index (κ1) is 12.7. The van der Waals surface area contributed by atoms with Gasteiger partial charge >= 0.3 is 0 Å². The maximum absolute atomic E-state index is 9.33. The Morgan fingerprint density at radius 1 is 1.00 bits per heavy atom. The van der Waals surface area contributed by atoms with E-state index in [2.05, 4.69) is 10.6 Å². The molecule has 0 unspecified atom stereocenters. The molecule has 0 fully saturated rings. The van der Waals surface area contributed by atoms with Crippen LogP contribution in [0.1, 0.15) is 0 Å². The standard InChI is InChI=1S/C13H11ClN2OS/c14-9-3-1-4-10(7-9)15-13(18)16-11-5-2-6-12(17)8-11/h1-8,17H,(H2,15,16,18). The molecule has 5 heteroatoms. The lowest BCUT2D eigenvalue weighted by molar-refractivity contribution is 0.475. The van der Waals surface area contributed by atoms with Crippen LogP contribution in [0.2, 0.25) is 5.02 Å². The summed E-state index contributed by atoms with van der Waals surface area (Å²) in [7, 11) is 0. The van der Waals surface area contributed by atoms with Crippen LogP contribution in [-0.2, 0) is 0 Å². The third-order valence-corrected chi connectivity index (χ3v) is 2.63. The molecule has 0 aliphatic carbocycles. The average molecular weight is 279 g/mol. The highest BCUT2D eigenvalue weighted by atomic mass is 35.5. The number of nitrogens with one attached hydrogen (secondary N) is 2. The van der Waals surface area contributed by atoms with Crippen molar-refractivity contribution in [1.82, 2.24) is 0 Å². The maximum Gasteiger partial charge on any atom is 0.175 e. The van der Waals surface area contributed by atoms with Crippen molar-refractivity contribution >= 4 is 40.3 Å². The van der Waals surface area contributed by atoms with E-state index >= 15 is 0 Å². The summed E-state index contributed by atoms with van der Waals surface area (Å²) < 4.78 is 0. The third kappa shape index (κ3) is 3.61. The molecule has 0 atom stereocenters. The molecule has 0 saturated carbocycles. The van der Waals surface area contributed by atoms with Gasteiger partial charge in [-0.1, -0.05) is 23.7 Å². The number of benzene rings is 2. The number of hydrogen-bond donors (Lipinski definition) is 3. The lowest BCUT2D eigenvalue weighted by Crippen LogP contribution is -2.18. The van der Waals surface area contributed by atoms with Gasteiger partial charge in [-0.05, 0) is 42.5 Å². The molecule has 3 nitrogen and oxygen atoms in total. The largest absolute Gasteiger partial charge is 0.508 e. The Balaban J connectivity index is 2.01. The zero-order chi connectivity index (χ0) is 13.0. The fourth-order valence-electron chi connectivity index (χ4n) is 1.44. The second-order valence-electron chi connectivity index (χ2n) is 3.64. The van der Waals surface area contributed by atoms with Crippen LogP contribution in [0.15, 0.2) is 48.5 Å². The van der Waals surface area contributed by atoms with Gasteiger partial charge in [0.15, 0.2) is 5.11 Å². The van der Waals surface area contributed by atoms with Crippen molar-refractivity contribution in [1.29, 1.82) is 0 Å². The number of halogens is 1. The number of anilines is 2. The van der Waals surface area contributed by atoms with Crippen molar-refractivity contribution < 1.29 is 5.11 Å². The molecule has 2 aromatic carbocycles. The minimum Gasteiger partial charge on any atom is -0.508 e. The van der Waals surface area contributed by atoms with Gasteiger partial charge in [0.1, 0.15) is 5.75 Å². The minimum absolute atomic E-state index is 0.186. The SMILES string of the molecule is Oc1cccc(NC(=S)Nc2cccc(Cl)c2)c1. The van der Waals surface area contributed by atoms with E-state index in [-0.39, 0.29) is 5.75 Å². The molecule has 0 bridgehead atoms. The molecule has 0 aliphatic heterocycles. The van der Waals surface area contributed by atoms with Gasteiger partial charge in [0.05, 0.1) is 0 Å². The van der Waals surface area contributed by atoms with E-state index in [1.807, 2.05) is 18.2 Å². The summed E-state index contributed by atoms with van der Waals surface area (Å²) in [6, 6.07) is 14.0. The van der Waals surface area contributed by atoms with E-state index in [0.717, 1.165) is 11.4 Å². The molecule has 92 valence electrons. The maximum atomic E-state index is 9.33. The average Bonchev–Trinajstić information content (AvgIpc) is 2.28. The van der Waals surface area contributed by atoms with E-state index in [0.29, 0.717) is 10.1 Å². The number of thiocarbonyl (C=S) groups is 1. The summed E-state index contributed by atoms with van der Waals surface area (Å²) in [6.45, 7) is 0. The number of rotatable bonds is 2. The Morgan fingerprint density at radius 2 is 1.61 bits per heavy atom. The van der Waals surface area contributed by atoms with Crippen LogP contribution in [-0.4, -0.2) is 10.2 Å². The Labute approximate surface area is 115 Å². The molecule has 3 N–H and O–H groups in total. The molecule has 18 heavy (non-hydrogen) atoms. The molecule has 0 amide bonds. The van der Waals surface area contributed by atoms with Crippen LogP contribution >= 0.6 is 23.8 Å². The van der Waals surface area contributed by atoms with Crippen LogP contribution in [0.5, 0.6) is 5.75 Å². The third-order valence-electron chi connectivity index (χ3n) is 2.19. The lowest BCUT2D eigenvalue weighted by atomic mass is 10.3. The van der Waals surface area contributed by atoms with Crippen LogP contribution in [0.25, 0.3) is 0 Å². The molecule has 2 aromatic rings. The topological polar surface area (TPSA) is 44.3 Å². The zero-order valence-electron chi connectivity index (χ0n) is 9.35. The van der Waals surface area contributed by atoms with E-state index in [4.69, 9.17) is 23.8 Å². The molecular formula is C13H11ClN2OS. The van der Waals surface area contributed by atoms with Gasteiger partial charge < -0.3 is 15.7 Å². The first-order chi connectivity index (χ1) is 8.63. The Bertz CT molecular complexity index is 525. The van der Waals surface area contributed by atoms with Gasteiger partial charge in [0.2, 0.25) is 0 Å². The predicted octanol–water partition coefficient (Wildman–Crippen LogP) is 3.85. The summed E-state index contributed by atoms with van der Waals surface area (Å²) in [4.78, 5) is 0. The highest BCUT2D eigenvalue weighted by Gasteiger charge is 2.00. The highest BCUT2D eigenvalue weighted by Crippen LogP contribution is 2.17. The molecule has 0 saturated heterocycles. The quantitative estimate of drug-likeness (QED) is 0.730. The second-order valence-corrected chi connectivity index (χ2v) is 4.48. The van der Waals surface area contributed by atoms with Crippen molar-refractivity contribution in [2.24, 2.45) is 0 Å². The molecular weight excluding hydrogens is 268 g/mol. The second kappa shape index (κ2) is 5.71. The fraction of sp³-hybridized carbons (Fsp3) is 0. The van der Waals surface area contributed by atoms with Crippen molar-refractivity contribution in [3.05, 3.63) is 53.6 Å². The molecule has 0 radical (unpaired) electrons. The summed E-state index contributed by atoms with van der Waals surface area (Å²) in [6.07, 6.45) is 0. The summed E-state index contributed by atoms with van der Waals surface area (Å²) in [5.41, 5.74) is 1.52. The highest BCUT2D eigenvalue weighted by molar-refractivity contribution is 7.80. The van der Waals surface area contributed by atoms with Gasteiger partial charge in [0.25, 0.3) is 0 Å². The Morgan fingerprint density at radius 3 is 2.22 bits per heavy atom. The summed E-state index contributed by atoms with van der Waals surface area (Å²) in [5.74, 6) is 0.186. The van der Waals surface area contributed by atoms with E-state index in [9.17, 15) is 5.11 Å². The molecule has 0 heterocycles. The molecule has 0 spiro atoms. The number of phenolic OH excluding ortho intramolecular Hbond substituents is 1. The van der Waals surface area contributed by atoms with Gasteiger partial charge in [0, 0.05) is 22.5 Å². The zero-order valence-corrected chi connectivity index (χ0v) is 10.9. The van der Waals surface area contributed by atoms with Crippen LogP contribution < -0.4 is 10.6 Å². The van der Waals surface area contributed by atoms with E-state index < -0.39 is 0 Å². The van der Waals surface area contributed by atoms with E-state index in [1.54, 1.807) is 30.3 Å². The predicted molar refractivity (Wildman–Crippen MR) is 79.4 cm³/mol. The van der Waals surface area contributed by atoms with Crippen molar-refractivity contribution in [2.75, 3.05) is 10.6 Å². The minimum atomic E-state index is 0.186. The van der Waals surface area contributed by atoms with Gasteiger partial charge in [-0.25, -0.2) is 0 Å². The van der Waals surface area contributed by atoms with Crippen molar-refractivity contribution in [3.8, 4) is 5.75 Å². The Kier molecular flexibility index (Phi) is 4.02. The Hall–Kier alpha value is -1.78. The first-order valence-electron chi connectivity index (χ1n) is 5.26. The normalized spacial score (nSPS) is 9.83. The number of aromatic hydroxyl groups is 1. The first-order valence-corrected chi connectivity index (χ1v) is 6.05. The lowest BCUT2D eigenvalue weighted by Gasteiger charge is -2.10. The molecule has 2 rings (SSSR count). The number of hydrogen-bond acceptors (Lipinski definition) is 2. The molecule has 0 aromatic heterocycles. The van der Waals surface area contributed by atoms with Crippen LogP contribution in [0, 0.1) is 0 Å². The fourth-order valence-corrected chi connectivity index (χ4v) is 1.87. The monoisotopic (exact) mass is 278 g/mol. The van der Waals surface area contributed by atoms with Gasteiger partial charge in [-0.15, -0.1) is 0 Å². The van der Waals surface area contributed by atoms with Crippen LogP contribution in [0.3, 0.4) is 0 Å². The van der Waals surface area contributed by atoms with Crippen molar-refractivity contribution in [3.63, 3.8) is 0 Å². The van der Waals surface area contributed by atoms with E-state index in [1.165, 1.54) is 0 Å². The van der Waals surface area contributed by atoms with Gasteiger partial charge in [-0.3, -0.25) is 0 Å². The van der Waals surface area contributed by atoms with Crippen molar-refractivity contribution in [2.45, 2.75) is 0 Å². The van der Waals surface area contributed by atoms with Gasteiger partial charge in [-0.2, -0.15) is 0 Å². The number of phenols is 1. The molecule has 0 aliphatic rings. The van der Waals surface area contributed by atoms with Crippen LogP contribution in [0.4, 0.5) is 11.4 Å². The summed E-state index contributed by atoms with van der Waals surface area (Å²) in [5, 5.41) is 16.4. The summed E-state index contributed by atoms with van der Waals surface area (Å²) >= 11 is 11.0. The smallest absolute Gasteiger partial charge is 0.175 e.